The van der Waals surface area contributed by atoms with Crippen molar-refractivity contribution in [3.8, 4) is 0 Å². The van der Waals surface area contributed by atoms with Crippen LogP contribution in [0.25, 0.3) is 0 Å². The molecule has 0 radical (unpaired) electrons. The zero-order chi connectivity index (χ0) is 20.1. The maximum absolute atomic E-state index is 13.7. The average molecular weight is 394 g/mol. The molecule has 0 aliphatic heterocycles. The third-order valence-corrected chi connectivity index (χ3v) is 4.90. The second-order valence-corrected chi connectivity index (χ2v) is 7.05. The molecule has 1 atom stereocenters. The molecule has 3 nitrogen and oxygen atoms in total. The summed E-state index contributed by atoms with van der Waals surface area (Å²) in [6.07, 6.45) is 0.419. The van der Waals surface area contributed by atoms with Crippen molar-refractivity contribution in [3.05, 3.63) is 65.5 Å². The molecule has 2 aromatic rings. The number of rotatable bonds is 5. The van der Waals surface area contributed by atoms with Gasteiger partial charge in [-0.15, -0.1) is 0 Å². The Bertz CT molecular complexity index is 816. The molecule has 7 heteroatoms. The lowest BCUT2D eigenvalue weighted by Crippen LogP contribution is -2.41. The topological polar surface area (TPSA) is 41.1 Å². The van der Waals surface area contributed by atoms with Crippen LogP contribution in [0.1, 0.15) is 49.3 Å². The van der Waals surface area contributed by atoms with E-state index in [1.807, 2.05) is 0 Å². The zero-order valence-corrected chi connectivity index (χ0v) is 15.2. The molecule has 0 saturated heterocycles. The van der Waals surface area contributed by atoms with Crippen LogP contribution >= 0.6 is 0 Å². The Morgan fingerprint density at radius 3 is 2.39 bits per heavy atom. The van der Waals surface area contributed by atoms with Gasteiger partial charge in [0.15, 0.2) is 0 Å². The highest BCUT2D eigenvalue weighted by Crippen LogP contribution is 2.32. The number of carbonyl (C=O) groups excluding carboxylic acids is 1. The molecule has 0 spiro atoms. The number of amides is 1. The van der Waals surface area contributed by atoms with Gasteiger partial charge in [0.25, 0.3) is 0 Å². The molecule has 1 aliphatic rings. The summed E-state index contributed by atoms with van der Waals surface area (Å²) in [6, 6.07) is 9.18. The smallest absolute Gasteiger partial charge is 0.370 e. The van der Waals surface area contributed by atoms with Crippen molar-refractivity contribution in [2.75, 3.05) is 5.32 Å². The van der Waals surface area contributed by atoms with Crippen LogP contribution in [-0.2, 0) is 11.0 Å². The van der Waals surface area contributed by atoms with Gasteiger partial charge in [-0.1, -0.05) is 37.5 Å². The predicted octanol–water partition coefficient (Wildman–Crippen LogP) is 5.45. The minimum Gasteiger partial charge on any atom is -0.370 e. The molecule has 0 bridgehead atoms. The highest BCUT2D eigenvalue weighted by Gasteiger charge is 2.31. The third-order valence-electron chi connectivity index (χ3n) is 4.90. The Kier molecular flexibility index (Phi) is 6.21. The van der Waals surface area contributed by atoms with Gasteiger partial charge >= 0.3 is 6.18 Å². The van der Waals surface area contributed by atoms with Gasteiger partial charge in [0.05, 0.1) is 5.56 Å². The fourth-order valence-corrected chi connectivity index (χ4v) is 3.47. The molecular weight excluding hydrogens is 372 g/mol. The zero-order valence-electron chi connectivity index (χ0n) is 15.2. The lowest BCUT2D eigenvalue weighted by molar-refractivity contribution is -0.137. The van der Waals surface area contributed by atoms with E-state index in [2.05, 4.69) is 10.6 Å². The lowest BCUT2D eigenvalue weighted by atomic mass is 9.95. The Morgan fingerprint density at radius 2 is 1.71 bits per heavy atom. The summed E-state index contributed by atoms with van der Waals surface area (Å²) in [5.41, 5.74) is -0.322. The fourth-order valence-electron chi connectivity index (χ4n) is 3.47. The minimum atomic E-state index is -4.49. The molecule has 2 N–H and O–H groups in total. The molecule has 1 saturated carbocycles. The normalized spacial score (nSPS) is 16.4. The van der Waals surface area contributed by atoms with Crippen LogP contribution in [0.4, 0.5) is 23.2 Å². The Labute approximate surface area is 161 Å². The molecule has 1 unspecified atom stereocenters. The minimum absolute atomic E-state index is 0.0284. The Balaban J connectivity index is 1.85. The van der Waals surface area contributed by atoms with Crippen molar-refractivity contribution in [2.24, 2.45) is 0 Å². The van der Waals surface area contributed by atoms with Crippen molar-refractivity contribution in [1.29, 1.82) is 0 Å². The highest BCUT2D eigenvalue weighted by molar-refractivity contribution is 5.86. The van der Waals surface area contributed by atoms with Gasteiger partial charge in [-0.2, -0.15) is 13.2 Å². The summed E-state index contributed by atoms with van der Waals surface area (Å²) in [5.74, 6) is -0.895. The quantitative estimate of drug-likeness (QED) is 0.663. The van der Waals surface area contributed by atoms with Gasteiger partial charge in [-0.3, -0.25) is 4.79 Å². The molecule has 2 aromatic carbocycles. The van der Waals surface area contributed by atoms with Crippen molar-refractivity contribution in [2.45, 2.75) is 50.4 Å². The lowest BCUT2D eigenvalue weighted by Gasteiger charge is -2.27. The van der Waals surface area contributed by atoms with Gasteiger partial charge < -0.3 is 10.6 Å². The SMILES string of the molecule is O=C(NC1CCCCC1)C(Nc1cccc(C(F)(F)F)c1)c1cccc(F)c1. The number of hydrogen-bond acceptors (Lipinski definition) is 2. The first-order valence-electron chi connectivity index (χ1n) is 9.32. The van der Waals surface area contributed by atoms with Crippen LogP contribution in [0, 0.1) is 5.82 Å². The largest absolute Gasteiger partial charge is 0.416 e. The molecule has 3 rings (SSSR count). The van der Waals surface area contributed by atoms with Gasteiger partial charge in [-0.05, 0) is 48.7 Å². The average Bonchev–Trinajstić information content (AvgIpc) is 2.66. The Morgan fingerprint density at radius 1 is 1.00 bits per heavy atom. The Hall–Kier alpha value is -2.57. The first-order chi connectivity index (χ1) is 13.3. The number of anilines is 1. The second-order valence-electron chi connectivity index (χ2n) is 7.05. The molecule has 1 amide bonds. The molecule has 28 heavy (non-hydrogen) atoms. The van der Waals surface area contributed by atoms with Crippen LogP contribution in [0.2, 0.25) is 0 Å². The monoisotopic (exact) mass is 394 g/mol. The van der Waals surface area contributed by atoms with Crippen molar-refractivity contribution >= 4 is 11.6 Å². The second kappa shape index (κ2) is 8.63. The fraction of sp³-hybridized carbons (Fsp3) is 0.381. The summed E-state index contributed by atoms with van der Waals surface area (Å²) >= 11 is 0. The summed E-state index contributed by atoms with van der Waals surface area (Å²) in [4.78, 5) is 12.9. The van der Waals surface area contributed by atoms with Crippen molar-refractivity contribution in [1.82, 2.24) is 5.32 Å². The number of carbonyl (C=O) groups is 1. The first-order valence-corrected chi connectivity index (χ1v) is 9.32. The molecular formula is C21H22F4N2O. The maximum atomic E-state index is 13.7. The summed E-state index contributed by atoms with van der Waals surface area (Å²) in [5, 5.41) is 5.80. The number of alkyl halides is 3. The van der Waals surface area contributed by atoms with Crippen molar-refractivity contribution in [3.63, 3.8) is 0 Å². The van der Waals surface area contributed by atoms with E-state index in [1.54, 1.807) is 6.07 Å². The van der Waals surface area contributed by atoms with E-state index in [0.29, 0.717) is 5.56 Å². The molecule has 150 valence electrons. The summed E-state index contributed by atoms with van der Waals surface area (Å²) < 4.78 is 52.7. The van der Waals surface area contributed by atoms with Gasteiger partial charge in [0.2, 0.25) is 5.91 Å². The maximum Gasteiger partial charge on any atom is 0.416 e. The summed E-state index contributed by atoms with van der Waals surface area (Å²) in [7, 11) is 0. The first kappa shape index (κ1) is 20.2. The van der Waals surface area contributed by atoms with E-state index in [0.717, 1.165) is 44.2 Å². The van der Waals surface area contributed by atoms with Crippen LogP contribution in [0.15, 0.2) is 48.5 Å². The highest BCUT2D eigenvalue weighted by atomic mass is 19.4. The van der Waals surface area contributed by atoms with Crippen LogP contribution in [0.5, 0.6) is 0 Å². The van der Waals surface area contributed by atoms with E-state index >= 15 is 0 Å². The predicted molar refractivity (Wildman–Crippen MR) is 99.2 cm³/mol. The van der Waals surface area contributed by atoms with Crippen LogP contribution in [-0.4, -0.2) is 11.9 Å². The molecule has 0 aromatic heterocycles. The van der Waals surface area contributed by atoms with Gasteiger partial charge in [-0.25, -0.2) is 4.39 Å². The van der Waals surface area contributed by atoms with E-state index in [-0.39, 0.29) is 17.6 Å². The van der Waals surface area contributed by atoms with Crippen LogP contribution < -0.4 is 10.6 Å². The van der Waals surface area contributed by atoms with Gasteiger partial charge in [0.1, 0.15) is 11.9 Å². The van der Waals surface area contributed by atoms with E-state index in [9.17, 15) is 22.4 Å². The van der Waals surface area contributed by atoms with Crippen LogP contribution in [0.3, 0.4) is 0 Å². The number of halogens is 4. The summed E-state index contributed by atoms with van der Waals surface area (Å²) in [6.45, 7) is 0. The molecule has 0 heterocycles. The third kappa shape index (κ3) is 5.24. The van der Waals surface area contributed by atoms with E-state index in [4.69, 9.17) is 0 Å². The van der Waals surface area contributed by atoms with Crippen molar-refractivity contribution < 1.29 is 22.4 Å². The number of benzene rings is 2. The van der Waals surface area contributed by atoms with E-state index < -0.39 is 23.6 Å². The number of hydrogen-bond donors (Lipinski definition) is 2. The standard InChI is InChI=1S/C21H22F4N2O/c22-16-8-4-6-14(12-16)19(20(28)27-17-9-2-1-3-10-17)26-18-11-5-7-15(13-18)21(23,24)25/h4-8,11-13,17,19,26H,1-3,9-10H2,(H,27,28). The molecule has 1 aliphatic carbocycles. The van der Waals surface area contributed by atoms with Gasteiger partial charge in [0, 0.05) is 11.7 Å². The van der Waals surface area contributed by atoms with E-state index in [1.165, 1.54) is 30.3 Å². The number of nitrogens with one attached hydrogen (secondary N) is 2. The molecule has 1 fully saturated rings.